The van der Waals surface area contributed by atoms with Gasteiger partial charge < -0.3 is 14.6 Å². The zero-order valence-corrected chi connectivity index (χ0v) is 14.9. The van der Waals surface area contributed by atoms with Crippen LogP contribution in [0.1, 0.15) is 23.5 Å². The predicted molar refractivity (Wildman–Crippen MR) is 98.5 cm³/mol. The van der Waals surface area contributed by atoms with Crippen LogP contribution in [0.15, 0.2) is 46.9 Å². The van der Waals surface area contributed by atoms with Crippen molar-refractivity contribution in [3.05, 3.63) is 58.4 Å². The standard InChI is InChI=1S/C18H19N3O3S/c1-4-8-25-18-20-17(23)15-13(10-14(22)19-16(15)21(18)2)11-6-5-7-12(9-11)24-3/h4-7,9,13H,1,8,10H2,2-3H3,(H,19,22)/t13-/m1/s1. The summed E-state index contributed by atoms with van der Waals surface area (Å²) in [7, 11) is 3.38. The summed E-state index contributed by atoms with van der Waals surface area (Å²) < 4.78 is 7.02. The lowest BCUT2D eigenvalue weighted by molar-refractivity contribution is -0.116. The highest BCUT2D eigenvalue weighted by atomic mass is 32.2. The highest BCUT2D eigenvalue weighted by Gasteiger charge is 2.32. The SMILES string of the molecule is C=CCSc1nc(=O)c2c(n1C)NC(=O)C[C@@H]2c1cccc(OC)c1. The summed E-state index contributed by atoms with van der Waals surface area (Å²) in [4.78, 5) is 29.2. The molecule has 1 amide bonds. The summed E-state index contributed by atoms with van der Waals surface area (Å²) in [6, 6.07) is 7.44. The van der Waals surface area contributed by atoms with Crippen LogP contribution >= 0.6 is 11.8 Å². The van der Waals surface area contributed by atoms with Crippen LogP contribution in [0.3, 0.4) is 0 Å². The molecule has 0 bridgehead atoms. The molecule has 0 saturated heterocycles. The number of carbonyl (C=O) groups is 1. The van der Waals surface area contributed by atoms with E-state index in [1.165, 1.54) is 11.8 Å². The summed E-state index contributed by atoms with van der Waals surface area (Å²) >= 11 is 1.40. The summed E-state index contributed by atoms with van der Waals surface area (Å²) in [6.07, 6.45) is 1.95. The average molecular weight is 357 g/mol. The predicted octanol–water partition coefficient (Wildman–Crippen LogP) is 2.54. The Bertz CT molecular complexity index is 892. The van der Waals surface area contributed by atoms with E-state index in [2.05, 4.69) is 16.9 Å². The molecule has 0 spiro atoms. The number of thioether (sulfide) groups is 1. The molecule has 0 radical (unpaired) electrons. The molecule has 2 aromatic rings. The van der Waals surface area contributed by atoms with Gasteiger partial charge in [-0.25, -0.2) is 0 Å². The van der Waals surface area contributed by atoms with E-state index in [0.717, 1.165) is 5.56 Å². The Balaban J connectivity index is 2.14. The summed E-state index contributed by atoms with van der Waals surface area (Å²) in [5, 5.41) is 3.38. The van der Waals surface area contributed by atoms with E-state index >= 15 is 0 Å². The smallest absolute Gasteiger partial charge is 0.279 e. The largest absolute Gasteiger partial charge is 0.497 e. The van der Waals surface area contributed by atoms with Gasteiger partial charge in [0.05, 0.1) is 12.7 Å². The van der Waals surface area contributed by atoms with Gasteiger partial charge in [-0.2, -0.15) is 4.98 Å². The van der Waals surface area contributed by atoms with Crippen molar-refractivity contribution in [3.8, 4) is 5.75 Å². The number of ether oxygens (including phenoxy) is 1. The van der Waals surface area contributed by atoms with Gasteiger partial charge in [0.25, 0.3) is 5.56 Å². The molecule has 1 aromatic carbocycles. The number of rotatable bonds is 5. The maximum Gasteiger partial charge on any atom is 0.279 e. The normalized spacial score (nSPS) is 16.1. The second-order valence-corrected chi connectivity index (χ2v) is 6.69. The molecule has 25 heavy (non-hydrogen) atoms. The summed E-state index contributed by atoms with van der Waals surface area (Å²) in [5.41, 5.74) is 1.06. The Morgan fingerprint density at radius 1 is 1.48 bits per heavy atom. The van der Waals surface area contributed by atoms with Gasteiger partial charge in [-0.05, 0) is 17.7 Å². The number of aromatic nitrogens is 2. The van der Waals surface area contributed by atoms with Gasteiger partial charge >= 0.3 is 0 Å². The van der Waals surface area contributed by atoms with Crippen molar-refractivity contribution in [1.29, 1.82) is 0 Å². The van der Waals surface area contributed by atoms with Crippen molar-refractivity contribution >= 4 is 23.5 Å². The number of hydrogen-bond donors (Lipinski definition) is 1. The second kappa shape index (κ2) is 7.14. The van der Waals surface area contributed by atoms with E-state index in [-0.39, 0.29) is 23.8 Å². The first kappa shape index (κ1) is 17.3. The maximum absolute atomic E-state index is 12.7. The molecule has 7 heteroatoms. The molecule has 1 aromatic heterocycles. The Morgan fingerprint density at radius 2 is 2.28 bits per heavy atom. The highest BCUT2D eigenvalue weighted by molar-refractivity contribution is 7.99. The molecule has 0 aliphatic carbocycles. The molecule has 1 aliphatic heterocycles. The number of fused-ring (bicyclic) bond motifs is 1. The molecule has 6 nitrogen and oxygen atoms in total. The lowest BCUT2D eigenvalue weighted by Gasteiger charge is -2.27. The third-order valence-corrected chi connectivity index (χ3v) is 5.15. The lowest BCUT2D eigenvalue weighted by Crippen LogP contribution is -2.33. The van der Waals surface area contributed by atoms with Crippen LogP contribution in [0.5, 0.6) is 5.75 Å². The van der Waals surface area contributed by atoms with E-state index in [1.807, 2.05) is 24.3 Å². The first-order valence-electron chi connectivity index (χ1n) is 7.83. The molecular formula is C18H19N3O3S. The van der Waals surface area contributed by atoms with Crippen molar-refractivity contribution in [2.45, 2.75) is 17.5 Å². The van der Waals surface area contributed by atoms with Crippen LogP contribution < -0.4 is 15.6 Å². The van der Waals surface area contributed by atoms with Crippen LogP contribution in [-0.2, 0) is 11.8 Å². The van der Waals surface area contributed by atoms with Crippen molar-refractivity contribution in [1.82, 2.24) is 9.55 Å². The second-order valence-electron chi connectivity index (χ2n) is 5.70. The van der Waals surface area contributed by atoms with E-state index in [4.69, 9.17) is 4.74 Å². The summed E-state index contributed by atoms with van der Waals surface area (Å²) in [5.74, 6) is 1.36. The minimum Gasteiger partial charge on any atom is -0.497 e. The van der Waals surface area contributed by atoms with E-state index < -0.39 is 0 Å². The molecule has 3 rings (SSSR count). The minimum atomic E-state index is -0.344. The maximum atomic E-state index is 12.7. The van der Waals surface area contributed by atoms with Crippen LogP contribution in [0.4, 0.5) is 5.82 Å². The number of carbonyl (C=O) groups excluding carboxylic acids is 1. The number of amides is 1. The molecule has 0 saturated carbocycles. The quantitative estimate of drug-likeness (QED) is 0.506. The third kappa shape index (κ3) is 3.32. The van der Waals surface area contributed by atoms with E-state index in [9.17, 15) is 9.59 Å². The average Bonchev–Trinajstić information content (AvgIpc) is 2.62. The molecule has 130 valence electrons. The zero-order valence-electron chi connectivity index (χ0n) is 14.1. The number of methoxy groups -OCH3 is 1. The van der Waals surface area contributed by atoms with Crippen molar-refractivity contribution in [2.75, 3.05) is 18.2 Å². The molecule has 1 atom stereocenters. The van der Waals surface area contributed by atoms with Crippen LogP contribution in [-0.4, -0.2) is 28.3 Å². The van der Waals surface area contributed by atoms with E-state index in [0.29, 0.717) is 28.0 Å². The molecular weight excluding hydrogens is 338 g/mol. The number of anilines is 1. The zero-order chi connectivity index (χ0) is 18.0. The summed E-state index contributed by atoms with van der Waals surface area (Å²) in [6.45, 7) is 3.68. The van der Waals surface area contributed by atoms with Crippen LogP contribution in [0.2, 0.25) is 0 Å². The highest BCUT2D eigenvalue weighted by Crippen LogP contribution is 2.36. The topological polar surface area (TPSA) is 73.2 Å². The van der Waals surface area contributed by atoms with Gasteiger partial charge in [0.15, 0.2) is 5.16 Å². The van der Waals surface area contributed by atoms with Crippen LogP contribution in [0, 0.1) is 0 Å². The van der Waals surface area contributed by atoms with Crippen LogP contribution in [0.25, 0.3) is 0 Å². The number of nitrogens with one attached hydrogen (secondary N) is 1. The molecule has 1 N–H and O–H groups in total. The Hall–Kier alpha value is -2.54. The van der Waals surface area contributed by atoms with Gasteiger partial charge in [0.2, 0.25) is 5.91 Å². The van der Waals surface area contributed by atoms with Gasteiger partial charge in [0.1, 0.15) is 11.6 Å². The van der Waals surface area contributed by atoms with Gasteiger partial charge in [-0.15, -0.1) is 6.58 Å². The number of benzene rings is 1. The van der Waals surface area contributed by atoms with Gasteiger partial charge in [-0.3, -0.25) is 9.59 Å². The lowest BCUT2D eigenvalue weighted by atomic mass is 9.86. The molecule has 1 aliphatic rings. The Morgan fingerprint density at radius 3 is 3.00 bits per heavy atom. The molecule has 2 heterocycles. The van der Waals surface area contributed by atoms with Gasteiger partial charge in [0, 0.05) is 25.1 Å². The van der Waals surface area contributed by atoms with Crippen molar-refractivity contribution in [3.63, 3.8) is 0 Å². The Labute approximate surface area is 149 Å². The van der Waals surface area contributed by atoms with Crippen molar-refractivity contribution in [2.24, 2.45) is 7.05 Å². The van der Waals surface area contributed by atoms with Crippen molar-refractivity contribution < 1.29 is 9.53 Å². The minimum absolute atomic E-state index is 0.124. The molecule has 0 fully saturated rings. The molecule has 0 unspecified atom stereocenters. The van der Waals surface area contributed by atoms with Gasteiger partial charge in [-0.1, -0.05) is 30.0 Å². The Kier molecular flexibility index (Phi) is 4.94. The first-order chi connectivity index (χ1) is 12.0. The first-order valence-corrected chi connectivity index (χ1v) is 8.82. The fourth-order valence-corrected chi connectivity index (χ4v) is 3.64. The van der Waals surface area contributed by atoms with E-state index in [1.54, 1.807) is 24.8 Å². The number of nitrogens with zero attached hydrogens (tertiary/aromatic N) is 2. The third-order valence-electron chi connectivity index (χ3n) is 4.13. The fourth-order valence-electron chi connectivity index (χ4n) is 2.94. The fraction of sp³-hybridized carbons (Fsp3) is 0.278. The monoisotopic (exact) mass is 357 g/mol. The number of hydrogen-bond acceptors (Lipinski definition) is 5.